The van der Waals surface area contributed by atoms with Crippen molar-refractivity contribution in [1.29, 1.82) is 0 Å². The maximum atomic E-state index is 12.5. The quantitative estimate of drug-likeness (QED) is 0.342. The lowest BCUT2D eigenvalue weighted by Crippen LogP contribution is -2.57. The fraction of sp³-hybridized carbons (Fsp3) is 0.658. The monoisotopic (exact) mass is 601 g/mol. The van der Waals surface area contributed by atoms with E-state index < -0.39 is 0 Å². The first-order valence-electron chi connectivity index (χ1n) is 17.5. The molecule has 6 heteroatoms. The lowest BCUT2D eigenvalue weighted by Gasteiger charge is -2.50. The Kier molecular flexibility index (Phi) is 8.43. The highest BCUT2D eigenvalue weighted by Crippen LogP contribution is 2.55. The van der Waals surface area contributed by atoms with Gasteiger partial charge in [-0.15, -0.1) is 0 Å². The van der Waals surface area contributed by atoms with Crippen LogP contribution in [-0.2, 0) is 25.4 Å². The third-order valence-corrected chi connectivity index (χ3v) is 12.4. The van der Waals surface area contributed by atoms with Gasteiger partial charge in [-0.1, -0.05) is 62.9 Å². The molecule has 238 valence electrons. The van der Waals surface area contributed by atoms with E-state index in [0.717, 1.165) is 44.4 Å². The number of allylic oxidation sites excluding steroid dienone is 1. The molecule has 1 aromatic carbocycles. The Balaban J connectivity index is 1.20. The van der Waals surface area contributed by atoms with Crippen molar-refractivity contribution in [2.75, 3.05) is 13.7 Å². The maximum Gasteiger partial charge on any atom is 0.343 e. The normalized spacial score (nSPS) is 35.9. The first kappa shape index (κ1) is 30.1. The van der Waals surface area contributed by atoms with E-state index in [1.54, 1.807) is 14.0 Å². The zero-order valence-electron chi connectivity index (χ0n) is 26.9. The van der Waals surface area contributed by atoms with Gasteiger partial charge in [-0.3, -0.25) is 4.90 Å². The molecule has 2 saturated carbocycles. The van der Waals surface area contributed by atoms with Crippen LogP contribution in [0.4, 0.5) is 0 Å². The number of hydrogen-bond acceptors (Lipinski definition) is 6. The number of aliphatic hydroxyl groups is 1. The molecular weight excluding hydrogens is 550 g/mol. The van der Waals surface area contributed by atoms with Gasteiger partial charge in [0.1, 0.15) is 5.76 Å². The Bertz CT molecular complexity index is 1320. The fourth-order valence-electron chi connectivity index (χ4n) is 10.3. The minimum absolute atomic E-state index is 0.0269. The molecule has 7 unspecified atom stereocenters. The van der Waals surface area contributed by atoms with E-state index >= 15 is 0 Å². The third kappa shape index (κ3) is 5.34. The van der Waals surface area contributed by atoms with Gasteiger partial charge >= 0.3 is 5.97 Å². The molecule has 1 spiro atoms. The molecule has 4 heterocycles. The van der Waals surface area contributed by atoms with Crippen molar-refractivity contribution in [3.63, 3.8) is 0 Å². The number of cyclic esters (lactones) is 1. The van der Waals surface area contributed by atoms with E-state index in [1.807, 2.05) is 0 Å². The first-order chi connectivity index (χ1) is 21.4. The van der Waals surface area contributed by atoms with Gasteiger partial charge in [-0.05, 0) is 93.6 Å². The second-order valence-electron chi connectivity index (χ2n) is 14.8. The highest BCUT2D eigenvalue weighted by Gasteiger charge is 2.52. The van der Waals surface area contributed by atoms with Crippen molar-refractivity contribution in [3.05, 3.63) is 70.6 Å². The second kappa shape index (κ2) is 12.3. The second-order valence-corrected chi connectivity index (χ2v) is 14.8. The average molecular weight is 602 g/mol. The summed E-state index contributed by atoms with van der Waals surface area (Å²) in [4.78, 5) is 15.2. The summed E-state index contributed by atoms with van der Waals surface area (Å²) >= 11 is 0. The van der Waals surface area contributed by atoms with Crippen LogP contribution in [0.2, 0.25) is 0 Å². The zero-order valence-corrected chi connectivity index (χ0v) is 26.9. The maximum absolute atomic E-state index is 12.5. The molecule has 4 aliphatic heterocycles. The first-order valence-corrected chi connectivity index (χ1v) is 17.5. The molecule has 4 fully saturated rings. The van der Waals surface area contributed by atoms with Gasteiger partial charge in [0.05, 0.1) is 18.8 Å². The minimum Gasteiger partial charge on any atom is -0.492 e. The summed E-state index contributed by atoms with van der Waals surface area (Å²) in [5.41, 5.74) is 2.34. The molecule has 0 amide bonds. The van der Waals surface area contributed by atoms with E-state index in [-0.39, 0.29) is 36.0 Å². The molecule has 44 heavy (non-hydrogen) atoms. The van der Waals surface area contributed by atoms with Crippen LogP contribution in [0.25, 0.3) is 0 Å². The molecule has 1 N–H and O–H groups in total. The SMILES string of the molecule is COC1=C(C)C(=O)OC1=C1OC2=CCCN3C(C(O)CC4CCCCC45CCCC5)CC(Cc4ccccc4)CC3C2C1C. The van der Waals surface area contributed by atoms with Crippen LogP contribution >= 0.6 is 0 Å². The summed E-state index contributed by atoms with van der Waals surface area (Å²) in [6, 6.07) is 11.3. The Morgan fingerprint density at radius 3 is 2.57 bits per heavy atom. The number of fused-ring (bicyclic) bond motifs is 3. The predicted molar refractivity (Wildman–Crippen MR) is 170 cm³/mol. The van der Waals surface area contributed by atoms with Crippen molar-refractivity contribution >= 4 is 5.97 Å². The predicted octanol–water partition coefficient (Wildman–Crippen LogP) is 7.44. The highest BCUT2D eigenvalue weighted by molar-refractivity contribution is 5.93. The topological polar surface area (TPSA) is 68.2 Å². The van der Waals surface area contributed by atoms with Gasteiger partial charge in [-0.25, -0.2) is 4.79 Å². The molecule has 2 aliphatic carbocycles. The number of esters is 1. The minimum atomic E-state index is -0.366. The summed E-state index contributed by atoms with van der Waals surface area (Å²) in [5.74, 6) is 3.55. The Morgan fingerprint density at radius 1 is 1.07 bits per heavy atom. The van der Waals surface area contributed by atoms with Crippen molar-refractivity contribution in [2.45, 2.75) is 116 Å². The number of carbonyl (C=O) groups excluding carboxylic acids is 1. The van der Waals surface area contributed by atoms with Crippen molar-refractivity contribution in [2.24, 2.45) is 29.1 Å². The number of aliphatic hydroxyl groups excluding tert-OH is 1. The van der Waals surface area contributed by atoms with E-state index in [2.05, 4.69) is 48.2 Å². The largest absolute Gasteiger partial charge is 0.492 e. The molecule has 0 aromatic heterocycles. The molecular formula is C38H51NO5. The van der Waals surface area contributed by atoms with Crippen molar-refractivity contribution in [3.8, 4) is 0 Å². The van der Waals surface area contributed by atoms with Crippen LogP contribution in [-0.4, -0.2) is 47.8 Å². The van der Waals surface area contributed by atoms with Gasteiger partial charge < -0.3 is 19.3 Å². The summed E-state index contributed by atoms with van der Waals surface area (Å²) in [7, 11) is 1.59. The summed E-state index contributed by atoms with van der Waals surface area (Å²) in [6.07, 6.45) is 17.7. The lowest BCUT2D eigenvalue weighted by molar-refractivity contribution is -0.133. The fourth-order valence-corrected chi connectivity index (χ4v) is 10.3. The van der Waals surface area contributed by atoms with Crippen molar-refractivity contribution < 1.29 is 24.1 Å². The van der Waals surface area contributed by atoms with E-state index in [4.69, 9.17) is 14.2 Å². The molecule has 6 aliphatic rings. The molecule has 7 atom stereocenters. The molecule has 0 bridgehead atoms. The van der Waals surface area contributed by atoms with Gasteiger partial charge in [0.2, 0.25) is 5.76 Å². The van der Waals surface area contributed by atoms with Crippen LogP contribution in [0.15, 0.2) is 65.0 Å². The highest BCUT2D eigenvalue weighted by atomic mass is 16.6. The number of piperidine rings is 1. The van der Waals surface area contributed by atoms with E-state index in [9.17, 15) is 9.90 Å². The van der Waals surface area contributed by atoms with Gasteiger partial charge in [0, 0.05) is 30.5 Å². The molecule has 2 saturated heterocycles. The van der Waals surface area contributed by atoms with Crippen LogP contribution in [0.1, 0.15) is 96.5 Å². The number of hydrogen-bond donors (Lipinski definition) is 1. The van der Waals surface area contributed by atoms with Crippen molar-refractivity contribution in [1.82, 2.24) is 4.90 Å². The summed E-state index contributed by atoms with van der Waals surface area (Å²) in [6.45, 7) is 4.90. The van der Waals surface area contributed by atoms with Crippen LogP contribution < -0.4 is 0 Å². The van der Waals surface area contributed by atoms with Crippen LogP contribution in [0, 0.1) is 29.1 Å². The summed E-state index contributed by atoms with van der Waals surface area (Å²) < 4.78 is 18.0. The number of rotatable bonds is 6. The van der Waals surface area contributed by atoms with E-state index in [0.29, 0.717) is 40.1 Å². The number of benzene rings is 1. The average Bonchev–Trinajstić information content (AvgIpc) is 3.66. The number of methoxy groups -OCH3 is 1. The Labute approximate surface area is 263 Å². The molecule has 1 aromatic rings. The Hall–Kier alpha value is -2.57. The van der Waals surface area contributed by atoms with Gasteiger partial charge in [-0.2, -0.15) is 0 Å². The summed E-state index contributed by atoms with van der Waals surface area (Å²) in [5, 5.41) is 12.3. The smallest absolute Gasteiger partial charge is 0.343 e. The third-order valence-electron chi connectivity index (χ3n) is 12.4. The molecule has 0 radical (unpaired) electrons. The lowest BCUT2D eigenvalue weighted by atomic mass is 9.62. The van der Waals surface area contributed by atoms with Crippen LogP contribution in [0.3, 0.4) is 0 Å². The van der Waals surface area contributed by atoms with Crippen LogP contribution in [0.5, 0.6) is 0 Å². The number of carbonyl (C=O) groups is 1. The van der Waals surface area contributed by atoms with Gasteiger partial charge in [0.15, 0.2) is 11.5 Å². The zero-order chi connectivity index (χ0) is 30.4. The molecule has 7 rings (SSSR count). The van der Waals surface area contributed by atoms with E-state index in [1.165, 1.54) is 56.9 Å². The number of ether oxygens (including phenoxy) is 3. The standard InChI is InChI=1S/C38H51NO5/c1-24-33-30-22-27(20-26-12-5-4-6-13-26)21-29(31(40)23-28-14-7-8-16-38(28)17-9-10-18-38)39(30)19-11-15-32(33)43-35(24)36-34(42-3)25(2)37(41)44-36/h4-6,12-13,15,24,27-31,33,40H,7-11,14,16-23H2,1-3H3. The van der Waals surface area contributed by atoms with Gasteiger partial charge in [0.25, 0.3) is 0 Å². The Morgan fingerprint density at radius 2 is 1.82 bits per heavy atom. The molecule has 6 nitrogen and oxygen atoms in total. The number of nitrogens with zero attached hydrogens (tertiary/aromatic N) is 1.